The van der Waals surface area contributed by atoms with Crippen LogP contribution in [0.15, 0.2) is 90.5 Å². The fourth-order valence-electron chi connectivity index (χ4n) is 5.37. The van der Waals surface area contributed by atoms with Crippen molar-refractivity contribution >= 4 is 33.2 Å². The third-order valence-electron chi connectivity index (χ3n) is 7.12. The zero-order valence-electron chi connectivity index (χ0n) is 20.0. The average molecular weight is 460 g/mol. The third kappa shape index (κ3) is 3.25. The maximum atomic E-state index is 13.9. The molecule has 1 aliphatic carbocycles. The van der Waals surface area contributed by atoms with Gasteiger partial charge in [0.1, 0.15) is 11.5 Å². The number of benzene rings is 4. The molecule has 1 aromatic heterocycles. The van der Waals surface area contributed by atoms with Crippen molar-refractivity contribution in [2.75, 3.05) is 14.2 Å². The van der Waals surface area contributed by atoms with Gasteiger partial charge >= 0.3 is 0 Å². The molecular weight excluding hydrogens is 434 g/mol. The number of fused-ring (bicyclic) bond motifs is 5. The van der Waals surface area contributed by atoms with E-state index in [4.69, 9.17) is 9.47 Å². The topological polar surface area (TPSA) is 40.5 Å². The first kappa shape index (κ1) is 21.2. The first-order valence-corrected chi connectivity index (χ1v) is 11.7. The molecule has 0 aliphatic heterocycles. The number of rotatable bonds is 5. The Morgan fingerprint density at radius 3 is 2.11 bits per heavy atom. The number of allylic oxidation sites excluding steroid dienone is 1. The van der Waals surface area contributed by atoms with E-state index in [1.165, 1.54) is 27.4 Å². The predicted molar refractivity (Wildman–Crippen MR) is 140 cm³/mol. The Balaban J connectivity index is 1.59. The second kappa shape index (κ2) is 8.17. The van der Waals surface area contributed by atoms with E-state index in [1.54, 1.807) is 14.2 Å². The van der Waals surface area contributed by atoms with E-state index in [0.29, 0.717) is 12.0 Å². The van der Waals surface area contributed by atoms with E-state index in [-0.39, 0.29) is 5.78 Å². The van der Waals surface area contributed by atoms with Gasteiger partial charge in [0.2, 0.25) is 0 Å². The van der Waals surface area contributed by atoms with Crippen molar-refractivity contribution in [2.45, 2.75) is 6.42 Å². The van der Waals surface area contributed by atoms with Gasteiger partial charge in [0.25, 0.3) is 0 Å². The van der Waals surface area contributed by atoms with Crippen molar-refractivity contribution in [3.8, 4) is 11.5 Å². The van der Waals surface area contributed by atoms with Gasteiger partial charge in [-0.1, -0.05) is 36.4 Å². The van der Waals surface area contributed by atoms with E-state index in [9.17, 15) is 4.79 Å². The molecule has 172 valence electrons. The molecule has 0 bridgehead atoms. The first-order valence-electron chi connectivity index (χ1n) is 11.7. The molecule has 0 saturated carbocycles. The number of nitrogens with zero attached hydrogens (tertiary/aromatic N) is 1. The first-order chi connectivity index (χ1) is 17.1. The van der Waals surface area contributed by atoms with Crippen LogP contribution >= 0.6 is 0 Å². The zero-order chi connectivity index (χ0) is 24.1. The smallest absolute Gasteiger partial charge is 0.189 e. The standard InChI is InChI=1S/C31H25NO3/c1-32-27-7-5-4-6-24(27)30-25-18-26(31(33)20-10-14-22(35-3)15-11-20)29(23(25)16-17-28(30)32)19-8-12-21(34-2)13-9-19/h4-17H,18H2,1-3H3. The van der Waals surface area contributed by atoms with E-state index < -0.39 is 0 Å². The minimum atomic E-state index is 0.0445. The van der Waals surface area contributed by atoms with Gasteiger partial charge in [-0.15, -0.1) is 0 Å². The number of ether oxygens (including phenoxy) is 2. The monoisotopic (exact) mass is 459 g/mol. The Bertz CT molecular complexity index is 1640. The summed E-state index contributed by atoms with van der Waals surface area (Å²) in [4.78, 5) is 13.9. The lowest BCUT2D eigenvalue weighted by Gasteiger charge is -2.11. The summed E-state index contributed by atoms with van der Waals surface area (Å²) in [6.45, 7) is 0. The Kier molecular flexibility index (Phi) is 4.96. The second-order valence-corrected chi connectivity index (χ2v) is 8.88. The number of aryl methyl sites for hydroxylation is 1. The molecule has 35 heavy (non-hydrogen) atoms. The lowest BCUT2D eigenvalue weighted by Crippen LogP contribution is -2.05. The number of hydrogen-bond acceptors (Lipinski definition) is 3. The maximum absolute atomic E-state index is 13.9. The highest BCUT2D eigenvalue weighted by atomic mass is 16.5. The minimum Gasteiger partial charge on any atom is -0.497 e. The molecule has 4 heteroatoms. The average Bonchev–Trinajstić information content (AvgIpc) is 3.44. The number of methoxy groups -OCH3 is 2. The maximum Gasteiger partial charge on any atom is 0.189 e. The van der Waals surface area contributed by atoms with E-state index >= 15 is 0 Å². The molecule has 1 heterocycles. The van der Waals surface area contributed by atoms with Crippen LogP contribution in [0.3, 0.4) is 0 Å². The summed E-state index contributed by atoms with van der Waals surface area (Å²) in [7, 11) is 5.40. The van der Waals surface area contributed by atoms with Crippen LogP contribution in [0, 0.1) is 0 Å². The molecule has 4 aromatic carbocycles. The zero-order valence-corrected chi connectivity index (χ0v) is 20.0. The number of hydrogen-bond donors (Lipinski definition) is 0. The van der Waals surface area contributed by atoms with Crippen LogP contribution in [0.5, 0.6) is 11.5 Å². The van der Waals surface area contributed by atoms with Crippen molar-refractivity contribution < 1.29 is 14.3 Å². The van der Waals surface area contributed by atoms with Crippen molar-refractivity contribution in [1.29, 1.82) is 0 Å². The highest BCUT2D eigenvalue weighted by Gasteiger charge is 2.30. The van der Waals surface area contributed by atoms with Gasteiger partial charge in [-0.25, -0.2) is 0 Å². The normalized spacial score (nSPS) is 12.9. The summed E-state index contributed by atoms with van der Waals surface area (Å²) >= 11 is 0. The number of ketones is 1. The van der Waals surface area contributed by atoms with E-state index in [1.807, 2.05) is 48.5 Å². The predicted octanol–water partition coefficient (Wildman–Crippen LogP) is 6.59. The molecule has 0 amide bonds. The van der Waals surface area contributed by atoms with Crippen LogP contribution in [0.4, 0.5) is 0 Å². The van der Waals surface area contributed by atoms with Crippen molar-refractivity contribution in [3.63, 3.8) is 0 Å². The number of Topliss-reactive ketones (excluding diaryl/α,β-unsaturated/α-hetero) is 1. The van der Waals surface area contributed by atoms with Crippen molar-refractivity contribution in [3.05, 3.63) is 113 Å². The van der Waals surface area contributed by atoms with Crippen LogP contribution in [-0.4, -0.2) is 24.6 Å². The van der Waals surface area contributed by atoms with Crippen LogP contribution in [0.2, 0.25) is 0 Å². The van der Waals surface area contributed by atoms with Gasteiger partial charge in [-0.05, 0) is 70.8 Å². The van der Waals surface area contributed by atoms with Gasteiger partial charge in [0.05, 0.1) is 14.2 Å². The van der Waals surface area contributed by atoms with Crippen molar-refractivity contribution in [1.82, 2.24) is 4.57 Å². The van der Waals surface area contributed by atoms with Gasteiger partial charge in [-0.3, -0.25) is 4.79 Å². The quantitative estimate of drug-likeness (QED) is 0.278. The summed E-state index contributed by atoms with van der Waals surface area (Å²) in [5.74, 6) is 1.57. The molecule has 0 radical (unpaired) electrons. The number of carbonyl (C=O) groups excluding carboxylic acids is 1. The summed E-state index contributed by atoms with van der Waals surface area (Å²) < 4.78 is 12.9. The van der Waals surface area contributed by atoms with Gasteiger partial charge in [0, 0.05) is 46.4 Å². The highest BCUT2D eigenvalue weighted by Crippen LogP contribution is 2.44. The minimum absolute atomic E-state index is 0.0445. The molecule has 6 rings (SSSR count). The molecule has 0 fully saturated rings. The van der Waals surface area contributed by atoms with Gasteiger partial charge in [0.15, 0.2) is 5.78 Å². The van der Waals surface area contributed by atoms with Crippen LogP contribution < -0.4 is 9.47 Å². The number of aromatic nitrogens is 1. The fourth-order valence-corrected chi connectivity index (χ4v) is 5.37. The van der Waals surface area contributed by atoms with E-state index in [2.05, 4.69) is 48.0 Å². The van der Waals surface area contributed by atoms with Gasteiger partial charge < -0.3 is 14.0 Å². The summed E-state index contributed by atoms with van der Waals surface area (Å²) in [6.07, 6.45) is 0.590. The van der Waals surface area contributed by atoms with Crippen LogP contribution in [-0.2, 0) is 13.5 Å². The van der Waals surface area contributed by atoms with Crippen LogP contribution in [0.1, 0.15) is 27.0 Å². The third-order valence-corrected chi connectivity index (χ3v) is 7.12. The van der Waals surface area contributed by atoms with E-state index in [0.717, 1.165) is 33.8 Å². The molecular formula is C31H25NO3. The number of para-hydroxylation sites is 1. The van der Waals surface area contributed by atoms with Crippen molar-refractivity contribution in [2.24, 2.45) is 7.05 Å². The molecule has 4 nitrogen and oxygen atoms in total. The summed E-state index contributed by atoms with van der Waals surface area (Å²) in [5.41, 5.74) is 8.19. The lowest BCUT2D eigenvalue weighted by molar-refractivity contribution is 0.103. The fraction of sp³-hybridized carbons (Fsp3) is 0.129. The molecule has 0 N–H and O–H groups in total. The Labute approximate surface area is 204 Å². The van der Waals surface area contributed by atoms with Crippen LogP contribution in [0.25, 0.3) is 27.4 Å². The Hall–Kier alpha value is -4.31. The Morgan fingerprint density at radius 2 is 1.43 bits per heavy atom. The molecule has 0 spiro atoms. The number of carbonyl (C=O) groups is 1. The largest absolute Gasteiger partial charge is 0.497 e. The Morgan fingerprint density at radius 1 is 0.771 bits per heavy atom. The summed E-state index contributed by atoms with van der Waals surface area (Å²) in [6, 6.07) is 28.2. The second-order valence-electron chi connectivity index (χ2n) is 8.88. The molecule has 0 saturated heterocycles. The highest BCUT2D eigenvalue weighted by molar-refractivity contribution is 6.20. The molecule has 0 unspecified atom stereocenters. The van der Waals surface area contributed by atoms with Gasteiger partial charge in [-0.2, -0.15) is 0 Å². The molecule has 1 aliphatic rings. The SMILES string of the molecule is COc1ccc(C(=O)C2=C(c3ccc(OC)cc3)c3ccc4c(c3C2)c2ccccc2n4C)cc1. The summed E-state index contributed by atoms with van der Waals surface area (Å²) in [5, 5.41) is 2.44. The lowest BCUT2D eigenvalue weighted by atomic mass is 9.93. The molecule has 5 aromatic rings. The molecule has 0 atom stereocenters.